The van der Waals surface area contributed by atoms with E-state index in [2.05, 4.69) is 25.9 Å². The number of hydrogen-bond acceptors (Lipinski definition) is 3. The molecule has 0 bridgehead atoms. The average molecular weight is 309 g/mol. The maximum absolute atomic E-state index is 13.1. The molecule has 0 unspecified atom stereocenters. The van der Waals surface area contributed by atoms with Gasteiger partial charge < -0.3 is 0 Å². The second kappa shape index (κ2) is 5.35. The lowest BCUT2D eigenvalue weighted by atomic mass is 10.1. The third-order valence-corrected chi connectivity index (χ3v) is 3.20. The van der Waals surface area contributed by atoms with Gasteiger partial charge in [0.2, 0.25) is 0 Å². The van der Waals surface area contributed by atoms with Crippen LogP contribution in [0.15, 0.2) is 35.1 Å². The highest BCUT2D eigenvalue weighted by molar-refractivity contribution is 9.10. The van der Waals surface area contributed by atoms with Crippen molar-refractivity contribution in [1.82, 2.24) is 9.97 Å². The summed E-state index contributed by atoms with van der Waals surface area (Å²) in [4.78, 5) is 20.0. The molecule has 0 saturated heterocycles. The highest BCUT2D eigenvalue weighted by Gasteiger charge is 2.11. The number of rotatable bonds is 3. The van der Waals surface area contributed by atoms with Gasteiger partial charge in [-0.15, -0.1) is 0 Å². The fourth-order valence-electron chi connectivity index (χ4n) is 1.48. The maximum atomic E-state index is 13.1. The molecule has 0 saturated carbocycles. The van der Waals surface area contributed by atoms with Gasteiger partial charge in [0.05, 0.1) is 11.9 Å². The SMILES string of the molecule is Cc1cnc(C(=O)Cc2cc(F)ccc2Br)cn1. The van der Waals surface area contributed by atoms with Crippen LogP contribution in [0.5, 0.6) is 0 Å². The van der Waals surface area contributed by atoms with Crippen molar-refractivity contribution in [2.45, 2.75) is 13.3 Å². The molecule has 1 heterocycles. The van der Waals surface area contributed by atoms with Gasteiger partial charge in [-0.25, -0.2) is 9.37 Å². The first kappa shape index (κ1) is 12.8. The Morgan fingerprint density at radius 2 is 2.11 bits per heavy atom. The van der Waals surface area contributed by atoms with E-state index in [-0.39, 0.29) is 23.7 Å². The minimum Gasteiger partial charge on any atom is -0.292 e. The number of nitrogens with zero attached hydrogens (tertiary/aromatic N) is 2. The molecule has 0 radical (unpaired) electrons. The number of halogens is 2. The fourth-order valence-corrected chi connectivity index (χ4v) is 1.87. The van der Waals surface area contributed by atoms with E-state index in [4.69, 9.17) is 0 Å². The molecule has 0 aliphatic rings. The standard InChI is InChI=1S/C13H10BrFN2O/c1-8-6-17-12(7-16-8)13(18)5-9-4-10(15)2-3-11(9)14/h2-4,6-7H,5H2,1H3. The minimum absolute atomic E-state index is 0.0933. The summed E-state index contributed by atoms with van der Waals surface area (Å²) in [6.07, 6.45) is 3.06. The Kier molecular flexibility index (Phi) is 3.81. The third-order valence-electron chi connectivity index (χ3n) is 2.43. The normalized spacial score (nSPS) is 10.4. The lowest BCUT2D eigenvalue weighted by Gasteiger charge is -2.04. The molecule has 0 aliphatic carbocycles. The number of carbonyl (C=O) groups is 1. The van der Waals surface area contributed by atoms with Crippen LogP contribution in [0.25, 0.3) is 0 Å². The zero-order valence-corrected chi connectivity index (χ0v) is 11.2. The summed E-state index contributed by atoms with van der Waals surface area (Å²) in [6.45, 7) is 1.80. The van der Waals surface area contributed by atoms with Crippen molar-refractivity contribution in [3.63, 3.8) is 0 Å². The summed E-state index contributed by atoms with van der Waals surface area (Å²) >= 11 is 3.29. The van der Waals surface area contributed by atoms with E-state index in [0.29, 0.717) is 10.0 Å². The van der Waals surface area contributed by atoms with Gasteiger partial charge in [-0.2, -0.15) is 0 Å². The highest BCUT2D eigenvalue weighted by Crippen LogP contribution is 2.19. The summed E-state index contributed by atoms with van der Waals surface area (Å²) in [5.74, 6) is -0.551. The van der Waals surface area contributed by atoms with Crippen molar-refractivity contribution in [3.8, 4) is 0 Å². The fraction of sp³-hybridized carbons (Fsp3) is 0.154. The maximum Gasteiger partial charge on any atom is 0.187 e. The molecule has 0 spiro atoms. The number of ketones is 1. The topological polar surface area (TPSA) is 42.9 Å². The van der Waals surface area contributed by atoms with Gasteiger partial charge in [0, 0.05) is 17.1 Å². The smallest absolute Gasteiger partial charge is 0.187 e. The summed E-state index contributed by atoms with van der Waals surface area (Å²) in [5, 5.41) is 0. The van der Waals surface area contributed by atoms with Gasteiger partial charge in [0.25, 0.3) is 0 Å². The number of aryl methyl sites for hydroxylation is 1. The van der Waals surface area contributed by atoms with Gasteiger partial charge in [-0.1, -0.05) is 15.9 Å². The number of hydrogen-bond donors (Lipinski definition) is 0. The second-order valence-electron chi connectivity index (χ2n) is 3.88. The van der Waals surface area contributed by atoms with E-state index in [1.807, 2.05) is 0 Å². The summed E-state index contributed by atoms with van der Waals surface area (Å²) < 4.78 is 13.8. The van der Waals surface area contributed by atoms with Crippen molar-refractivity contribution < 1.29 is 9.18 Å². The van der Waals surface area contributed by atoms with E-state index in [9.17, 15) is 9.18 Å². The van der Waals surface area contributed by atoms with Crippen LogP contribution in [0.3, 0.4) is 0 Å². The lowest BCUT2D eigenvalue weighted by molar-refractivity contribution is 0.0987. The van der Waals surface area contributed by atoms with Crippen LogP contribution < -0.4 is 0 Å². The number of Topliss-reactive ketones (excluding diaryl/α,β-unsaturated/α-hetero) is 1. The van der Waals surface area contributed by atoms with Crippen LogP contribution >= 0.6 is 15.9 Å². The molecule has 18 heavy (non-hydrogen) atoms. The van der Waals surface area contributed by atoms with E-state index in [1.165, 1.54) is 24.5 Å². The van der Waals surface area contributed by atoms with E-state index in [1.54, 1.807) is 13.0 Å². The molecule has 0 amide bonds. The molecular weight excluding hydrogens is 299 g/mol. The minimum atomic E-state index is -0.365. The molecule has 1 aromatic carbocycles. The third kappa shape index (κ3) is 2.98. The predicted molar refractivity (Wildman–Crippen MR) is 68.9 cm³/mol. The van der Waals surface area contributed by atoms with Crippen LogP contribution in [0.4, 0.5) is 4.39 Å². The molecule has 0 atom stereocenters. The number of carbonyl (C=O) groups excluding carboxylic acids is 1. The Balaban J connectivity index is 2.21. The molecule has 1 aromatic heterocycles. The summed E-state index contributed by atoms with van der Waals surface area (Å²) in [5.41, 5.74) is 1.64. The molecule has 0 fully saturated rings. The predicted octanol–water partition coefficient (Wildman–Crippen LogP) is 3.11. The van der Waals surface area contributed by atoms with Crippen molar-refractivity contribution in [2.75, 3.05) is 0 Å². The monoisotopic (exact) mass is 308 g/mol. The van der Waals surface area contributed by atoms with Gasteiger partial charge in [0.15, 0.2) is 5.78 Å². The Morgan fingerprint density at radius 3 is 2.78 bits per heavy atom. The zero-order valence-electron chi connectivity index (χ0n) is 9.65. The second-order valence-corrected chi connectivity index (χ2v) is 4.73. The quantitative estimate of drug-likeness (QED) is 0.818. The van der Waals surface area contributed by atoms with Crippen LogP contribution in [0.1, 0.15) is 21.7 Å². The first-order valence-electron chi connectivity index (χ1n) is 5.32. The highest BCUT2D eigenvalue weighted by atomic mass is 79.9. The molecule has 0 N–H and O–H groups in total. The zero-order chi connectivity index (χ0) is 13.1. The van der Waals surface area contributed by atoms with Crippen LogP contribution in [-0.4, -0.2) is 15.8 Å². The Bertz CT molecular complexity index is 584. The first-order chi connectivity index (χ1) is 8.56. The molecule has 3 nitrogen and oxygen atoms in total. The van der Waals surface area contributed by atoms with Gasteiger partial charge in [-0.3, -0.25) is 9.78 Å². The first-order valence-corrected chi connectivity index (χ1v) is 6.11. The molecule has 0 aliphatic heterocycles. The lowest BCUT2D eigenvalue weighted by Crippen LogP contribution is -2.07. The van der Waals surface area contributed by atoms with Gasteiger partial charge in [0.1, 0.15) is 11.5 Å². The van der Waals surface area contributed by atoms with Crippen LogP contribution in [-0.2, 0) is 6.42 Å². The van der Waals surface area contributed by atoms with E-state index >= 15 is 0 Å². The average Bonchev–Trinajstić information content (AvgIpc) is 2.34. The van der Waals surface area contributed by atoms with Crippen molar-refractivity contribution in [3.05, 3.63) is 57.8 Å². The largest absolute Gasteiger partial charge is 0.292 e. The Hall–Kier alpha value is -1.62. The van der Waals surface area contributed by atoms with Crippen LogP contribution in [0.2, 0.25) is 0 Å². The number of benzene rings is 1. The molecule has 92 valence electrons. The number of aromatic nitrogens is 2. The Morgan fingerprint density at radius 1 is 1.33 bits per heavy atom. The molecule has 2 rings (SSSR count). The van der Waals surface area contributed by atoms with Crippen LogP contribution in [0, 0.1) is 12.7 Å². The van der Waals surface area contributed by atoms with Gasteiger partial charge in [-0.05, 0) is 30.7 Å². The van der Waals surface area contributed by atoms with Crippen molar-refractivity contribution >= 4 is 21.7 Å². The van der Waals surface area contributed by atoms with Crippen molar-refractivity contribution in [2.24, 2.45) is 0 Å². The van der Waals surface area contributed by atoms with E-state index in [0.717, 1.165) is 5.69 Å². The summed E-state index contributed by atoms with van der Waals surface area (Å²) in [7, 11) is 0. The summed E-state index contributed by atoms with van der Waals surface area (Å²) in [6, 6.07) is 4.26. The molecule has 5 heteroatoms. The molecule has 2 aromatic rings. The van der Waals surface area contributed by atoms with Crippen molar-refractivity contribution in [1.29, 1.82) is 0 Å². The Labute approximate surface area is 112 Å². The van der Waals surface area contributed by atoms with Gasteiger partial charge >= 0.3 is 0 Å². The van der Waals surface area contributed by atoms with E-state index < -0.39 is 0 Å². The molecular formula is C13H10BrFN2O.